The zero-order chi connectivity index (χ0) is 20.4. The topological polar surface area (TPSA) is 66.5 Å². The van der Waals surface area contributed by atoms with E-state index in [9.17, 15) is 13.2 Å². The number of carbonyl (C=O) groups is 1. The lowest BCUT2D eigenvalue weighted by atomic mass is 10.0. The molecule has 0 saturated heterocycles. The third kappa shape index (κ3) is 4.94. The van der Waals surface area contributed by atoms with Crippen LogP contribution in [0.15, 0.2) is 47.4 Å². The predicted molar refractivity (Wildman–Crippen MR) is 110 cm³/mol. The number of anilines is 1. The van der Waals surface area contributed by atoms with E-state index in [1.54, 1.807) is 6.07 Å². The molecule has 0 spiro atoms. The third-order valence-electron chi connectivity index (χ3n) is 4.37. The molecule has 8 heteroatoms. The molecule has 0 bridgehead atoms. The molecule has 0 aliphatic rings. The van der Waals surface area contributed by atoms with Crippen molar-refractivity contribution in [2.24, 2.45) is 0 Å². The minimum Gasteiger partial charge on any atom is -0.347 e. The van der Waals surface area contributed by atoms with Crippen LogP contribution in [0.1, 0.15) is 37.6 Å². The van der Waals surface area contributed by atoms with Gasteiger partial charge in [0.05, 0.1) is 21.2 Å². The van der Waals surface area contributed by atoms with E-state index in [0.29, 0.717) is 10.7 Å². The number of nitrogens with one attached hydrogen (secondary N) is 1. The van der Waals surface area contributed by atoms with E-state index in [0.717, 1.165) is 10.7 Å². The zero-order valence-corrected chi connectivity index (χ0v) is 17.9. The summed E-state index contributed by atoms with van der Waals surface area (Å²) in [4.78, 5) is 12.7. The summed E-state index contributed by atoms with van der Waals surface area (Å²) in [6, 6.07) is 10.4. The quantitative estimate of drug-likeness (QED) is 0.722. The van der Waals surface area contributed by atoms with Crippen LogP contribution in [0.4, 0.5) is 5.69 Å². The molecule has 0 fully saturated rings. The fourth-order valence-corrected chi connectivity index (χ4v) is 3.77. The van der Waals surface area contributed by atoms with Crippen molar-refractivity contribution in [3.8, 4) is 0 Å². The van der Waals surface area contributed by atoms with E-state index < -0.39 is 15.6 Å². The first-order valence-corrected chi connectivity index (χ1v) is 10.5. The van der Waals surface area contributed by atoms with Gasteiger partial charge in [-0.25, -0.2) is 8.42 Å². The number of hydrogen-bond donors (Lipinski definition) is 1. The van der Waals surface area contributed by atoms with Crippen LogP contribution in [0.2, 0.25) is 10.0 Å². The summed E-state index contributed by atoms with van der Waals surface area (Å²) in [5, 5.41) is 3.60. The molecule has 0 heterocycles. The first-order valence-electron chi connectivity index (χ1n) is 8.34. The van der Waals surface area contributed by atoms with E-state index in [-0.39, 0.29) is 21.4 Å². The SMILES string of the molecule is CCC(C)(C)NC(=O)c1cc(N(C)S(=O)(=O)c2ccc(Cl)cc2)ccc1Cl. The molecule has 0 aliphatic heterocycles. The molecule has 0 aliphatic carbocycles. The second-order valence-corrected chi connectivity index (χ2v) is 9.60. The molecule has 1 amide bonds. The lowest BCUT2D eigenvalue weighted by Gasteiger charge is -2.25. The lowest BCUT2D eigenvalue weighted by Crippen LogP contribution is -2.42. The van der Waals surface area contributed by atoms with Crippen molar-refractivity contribution < 1.29 is 13.2 Å². The predicted octanol–water partition coefficient (Wildman–Crippen LogP) is 4.74. The molecule has 0 unspecified atom stereocenters. The molecular weight excluding hydrogens is 407 g/mol. The van der Waals surface area contributed by atoms with E-state index in [4.69, 9.17) is 23.2 Å². The molecule has 0 atom stereocenters. The second-order valence-electron chi connectivity index (χ2n) is 6.78. The second kappa shape index (κ2) is 8.09. The smallest absolute Gasteiger partial charge is 0.264 e. The average molecular weight is 429 g/mol. The Kier molecular flexibility index (Phi) is 6.45. The maximum Gasteiger partial charge on any atom is 0.264 e. The highest BCUT2D eigenvalue weighted by Crippen LogP contribution is 2.27. The zero-order valence-electron chi connectivity index (χ0n) is 15.6. The maximum absolute atomic E-state index is 12.8. The van der Waals surface area contributed by atoms with Gasteiger partial charge in [-0.1, -0.05) is 30.1 Å². The van der Waals surface area contributed by atoms with Crippen LogP contribution in [0.3, 0.4) is 0 Å². The Balaban J connectivity index is 2.39. The minimum atomic E-state index is -3.80. The van der Waals surface area contributed by atoms with E-state index in [2.05, 4.69) is 5.32 Å². The summed E-state index contributed by atoms with van der Waals surface area (Å²) >= 11 is 12.0. The molecule has 1 N–H and O–H groups in total. The van der Waals surface area contributed by atoms with E-state index >= 15 is 0 Å². The molecule has 0 radical (unpaired) electrons. The number of benzene rings is 2. The molecule has 2 rings (SSSR count). The lowest BCUT2D eigenvalue weighted by molar-refractivity contribution is 0.0911. The summed E-state index contributed by atoms with van der Waals surface area (Å²) < 4.78 is 26.8. The van der Waals surface area contributed by atoms with E-state index in [1.807, 2.05) is 20.8 Å². The van der Waals surface area contributed by atoms with Crippen LogP contribution in [-0.2, 0) is 10.0 Å². The van der Waals surface area contributed by atoms with Crippen molar-refractivity contribution in [1.82, 2.24) is 5.32 Å². The number of hydrogen-bond acceptors (Lipinski definition) is 3. The largest absolute Gasteiger partial charge is 0.347 e. The molecule has 0 saturated carbocycles. The molecule has 2 aromatic carbocycles. The van der Waals surface area contributed by atoms with Crippen LogP contribution >= 0.6 is 23.2 Å². The maximum atomic E-state index is 12.8. The van der Waals surface area contributed by atoms with Gasteiger partial charge in [0.25, 0.3) is 15.9 Å². The van der Waals surface area contributed by atoms with Crippen molar-refractivity contribution in [2.75, 3.05) is 11.4 Å². The highest BCUT2D eigenvalue weighted by molar-refractivity contribution is 7.92. The van der Waals surface area contributed by atoms with Gasteiger partial charge in [-0.2, -0.15) is 0 Å². The van der Waals surface area contributed by atoms with Gasteiger partial charge in [0, 0.05) is 17.6 Å². The van der Waals surface area contributed by atoms with Crippen molar-refractivity contribution in [3.63, 3.8) is 0 Å². The third-order valence-corrected chi connectivity index (χ3v) is 6.75. The summed E-state index contributed by atoms with van der Waals surface area (Å²) in [6.07, 6.45) is 0.737. The van der Waals surface area contributed by atoms with Crippen LogP contribution in [0.5, 0.6) is 0 Å². The van der Waals surface area contributed by atoms with Crippen molar-refractivity contribution in [3.05, 3.63) is 58.1 Å². The molecule has 0 aromatic heterocycles. The van der Waals surface area contributed by atoms with Crippen molar-refractivity contribution >= 4 is 44.8 Å². The normalized spacial score (nSPS) is 11.9. The summed E-state index contributed by atoms with van der Waals surface area (Å²) in [5.41, 5.74) is 0.139. The Labute approximate surface area is 170 Å². The fourth-order valence-electron chi connectivity index (χ4n) is 2.25. The Bertz CT molecular complexity index is 942. The van der Waals surface area contributed by atoms with Crippen LogP contribution < -0.4 is 9.62 Å². The number of amides is 1. The van der Waals surface area contributed by atoms with Crippen LogP contribution in [0, 0.1) is 0 Å². The van der Waals surface area contributed by atoms with Gasteiger partial charge in [-0.15, -0.1) is 0 Å². The fraction of sp³-hybridized carbons (Fsp3) is 0.316. The van der Waals surface area contributed by atoms with Gasteiger partial charge < -0.3 is 5.32 Å². The van der Waals surface area contributed by atoms with E-state index in [1.165, 1.54) is 43.4 Å². The standard InChI is InChI=1S/C19H22Cl2N2O3S/c1-5-19(2,3)22-18(24)16-12-14(8-11-17(16)21)23(4)27(25,26)15-9-6-13(20)7-10-15/h6-12H,5H2,1-4H3,(H,22,24). The molecular formula is C19H22Cl2N2O3S. The molecule has 5 nitrogen and oxygen atoms in total. The van der Waals surface area contributed by atoms with Gasteiger partial charge >= 0.3 is 0 Å². The summed E-state index contributed by atoms with van der Waals surface area (Å²) in [5.74, 6) is -0.356. The Hall–Kier alpha value is -1.76. The van der Waals surface area contributed by atoms with Gasteiger partial charge in [-0.05, 0) is 62.7 Å². The number of sulfonamides is 1. The first kappa shape index (κ1) is 21.5. The molecule has 27 heavy (non-hydrogen) atoms. The van der Waals surface area contributed by atoms with Crippen LogP contribution in [0.25, 0.3) is 0 Å². The van der Waals surface area contributed by atoms with Crippen LogP contribution in [-0.4, -0.2) is 26.9 Å². The summed E-state index contributed by atoms with van der Waals surface area (Å²) in [6.45, 7) is 5.77. The van der Waals surface area contributed by atoms with Gasteiger partial charge in [0.2, 0.25) is 0 Å². The van der Waals surface area contributed by atoms with Gasteiger partial charge in [-0.3, -0.25) is 9.10 Å². The highest BCUT2D eigenvalue weighted by atomic mass is 35.5. The number of rotatable bonds is 6. The van der Waals surface area contributed by atoms with Gasteiger partial charge in [0.15, 0.2) is 0 Å². The Morgan fingerprint density at radius 1 is 1.11 bits per heavy atom. The van der Waals surface area contributed by atoms with Crippen molar-refractivity contribution in [1.29, 1.82) is 0 Å². The summed E-state index contributed by atoms with van der Waals surface area (Å²) in [7, 11) is -2.38. The minimum absolute atomic E-state index is 0.0995. The number of carbonyl (C=O) groups excluding carboxylic acids is 1. The van der Waals surface area contributed by atoms with Gasteiger partial charge in [0.1, 0.15) is 0 Å². The monoisotopic (exact) mass is 428 g/mol. The Morgan fingerprint density at radius 3 is 2.26 bits per heavy atom. The number of halogens is 2. The molecule has 146 valence electrons. The molecule has 2 aromatic rings. The first-order chi connectivity index (χ1) is 12.5. The number of nitrogens with zero attached hydrogens (tertiary/aromatic N) is 1. The van der Waals surface area contributed by atoms with Crippen molar-refractivity contribution in [2.45, 2.75) is 37.6 Å². The average Bonchev–Trinajstić information content (AvgIpc) is 2.61. The Morgan fingerprint density at radius 2 is 1.70 bits per heavy atom. The highest BCUT2D eigenvalue weighted by Gasteiger charge is 2.24.